The number of hydrogen-bond donors (Lipinski definition) is 1. The Balaban J connectivity index is 2.05. The van der Waals surface area contributed by atoms with Gasteiger partial charge in [0.2, 0.25) is 0 Å². The molecule has 0 saturated carbocycles. The zero-order valence-electron chi connectivity index (χ0n) is 9.99. The summed E-state index contributed by atoms with van der Waals surface area (Å²) in [5.41, 5.74) is 4.13. The lowest BCUT2D eigenvalue weighted by Crippen LogP contribution is -2.45. The first-order chi connectivity index (χ1) is 8.85. The third kappa shape index (κ3) is 1.09. The molecule has 1 nitrogen and oxygen atoms in total. The number of nitrogens with one attached hydrogen (secondary N) is 1. The van der Waals surface area contributed by atoms with Crippen LogP contribution in [0.1, 0.15) is 28.3 Å². The molecule has 2 aromatic rings. The van der Waals surface area contributed by atoms with Crippen LogP contribution in [0.15, 0.2) is 48.5 Å². The second kappa shape index (κ2) is 3.42. The molecule has 0 aromatic heterocycles. The third-order valence-corrected chi connectivity index (χ3v) is 4.32. The monoisotopic (exact) mass is 238 g/mol. The fraction of sp³-hybridized carbons (Fsp3) is 0.250. The van der Waals surface area contributed by atoms with Crippen LogP contribution in [-0.4, -0.2) is 6.67 Å². The molecule has 0 amide bonds. The van der Waals surface area contributed by atoms with Crippen molar-refractivity contribution in [1.29, 1.82) is 0 Å². The zero-order valence-corrected chi connectivity index (χ0v) is 9.99. The molecule has 2 unspecified atom stereocenters. The number of hydrogen-bond acceptors (Lipinski definition) is 1. The van der Waals surface area contributed by atoms with Crippen molar-refractivity contribution in [3.8, 4) is 0 Å². The molecular weight excluding hydrogens is 224 g/mol. The second-order valence-electron chi connectivity index (χ2n) is 5.18. The molecule has 2 heterocycles. The number of benzene rings is 2. The van der Waals surface area contributed by atoms with Gasteiger partial charge in [-0.2, -0.15) is 0 Å². The smallest absolute Gasteiger partial charge is 0.116 e. The average Bonchev–Trinajstić information content (AvgIpc) is 2.71. The van der Waals surface area contributed by atoms with Crippen LogP contribution in [0.5, 0.6) is 0 Å². The van der Waals surface area contributed by atoms with E-state index in [0.717, 1.165) is 17.5 Å². The van der Waals surface area contributed by atoms with Crippen molar-refractivity contribution in [1.82, 2.24) is 5.32 Å². The molecule has 2 aromatic carbocycles. The molecule has 2 heteroatoms. The zero-order chi connectivity index (χ0) is 12.2. The van der Waals surface area contributed by atoms with Crippen molar-refractivity contribution < 1.29 is 4.39 Å². The van der Waals surface area contributed by atoms with Crippen LogP contribution in [0.25, 0.3) is 0 Å². The Morgan fingerprint density at radius 2 is 1.78 bits per heavy atom. The highest BCUT2D eigenvalue weighted by Gasteiger charge is 2.48. The van der Waals surface area contributed by atoms with E-state index in [0.29, 0.717) is 0 Å². The summed E-state index contributed by atoms with van der Waals surface area (Å²) in [6, 6.07) is 16.7. The van der Waals surface area contributed by atoms with Crippen LogP contribution in [0.2, 0.25) is 0 Å². The molecule has 2 aliphatic rings. The summed E-state index contributed by atoms with van der Waals surface area (Å²) in [7, 11) is 0. The first kappa shape index (κ1) is 10.3. The fourth-order valence-corrected chi connectivity index (χ4v) is 3.54. The lowest BCUT2D eigenvalue weighted by atomic mass is 9.82. The molecule has 0 radical (unpaired) electrons. The Kier molecular flexibility index (Phi) is 1.95. The van der Waals surface area contributed by atoms with Crippen molar-refractivity contribution >= 4 is 0 Å². The highest BCUT2D eigenvalue weighted by atomic mass is 18.2. The topological polar surface area (TPSA) is 12.0 Å². The van der Waals surface area contributed by atoms with Gasteiger partial charge >= 0.3 is 0 Å². The summed E-state index contributed by atoms with van der Waals surface area (Å²) in [6.07, 6.45) is 0.953. The fourth-order valence-electron chi connectivity index (χ4n) is 3.54. The van der Waals surface area contributed by atoms with Gasteiger partial charge in [0.25, 0.3) is 0 Å². The summed E-state index contributed by atoms with van der Waals surface area (Å²) in [5, 5.41) is 3.50. The predicted octanol–water partition coefficient (Wildman–Crippen LogP) is 3.10. The maximum absolute atomic E-state index is 13.9. The average molecular weight is 238 g/mol. The molecule has 0 aliphatic carbocycles. The number of halogens is 1. The molecule has 18 heavy (non-hydrogen) atoms. The van der Waals surface area contributed by atoms with E-state index in [1.54, 1.807) is 0 Å². The van der Waals surface area contributed by atoms with Gasteiger partial charge in [0, 0.05) is 6.04 Å². The number of rotatable bonds is 1. The van der Waals surface area contributed by atoms with E-state index >= 15 is 0 Å². The van der Waals surface area contributed by atoms with E-state index in [4.69, 9.17) is 0 Å². The van der Waals surface area contributed by atoms with Crippen molar-refractivity contribution in [2.24, 2.45) is 0 Å². The van der Waals surface area contributed by atoms with Crippen LogP contribution in [0.4, 0.5) is 4.39 Å². The molecule has 2 bridgehead atoms. The molecule has 2 aliphatic heterocycles. The number of fused-ring (bicyclic) bond motifs is 7. The Morgan fingerprint density at radius 3 is 2.61 bits per heavy atom. The minimum Gasteiger partial charge on any atom is -0.294 e. The standard InChI is InChI=1S/C16H14FN/c17-10-16-13-7-3-1-5-11(13)9-15(18-16)12-6-2-4-8-14(12)16/h1-8,15,18H,9-10H2/i17-1. The van der Waals surface area contributed by atoms with Gasteiger partial charge in [0.1, 0.15) is 6.67 Å². The van der Waals surface area contributed by atoms with Crippen molar-refractivity contribution in [3.63, 3.8) is 0 Å². The summed E-state index contributed by atoms with van der Waals surface area (Å²) in [4.78, 5) is 0. The van der Waals surface area contributed by atoms with Gasteiger partial charge in [-0.15, -0.1) is 0 Å². The molecule has 0 saturated heterocycles. The largest absolute Gasteiger partial charge is 0.294 e. The molecule has 4 rings (SSSR count). The van der Waals surface area contributed by atoms with Gasteiger partial charge in [-0.1, -0.05) is 48.5 Å². The van der Waals surface area contributed by atoms with Gasteiger partial charge < -0.3 is 0 Å². The van der Waals surface area contributed by atoms with E-state index in [9.17, 15) is 4.39 Å². The lowest BCUT2D eigenvalue weighted by molar-refractivity contribution is 0.276. The SMILES string of the molecule is [18F]CC12NC(Cc3ccccc31)c1ccccc12. The molecule has 90 valence electrons. The van der Waals surface area contributed by atoms with Gasteiger partial charge in [-0.25, -0.2) is 4.39 Å². The number of alkyl halides is 1. The van der Waals surface area contributed by atoms with Crippen LogP contribution in [0, 0.1) is 0 Å². The van der Waals surface area contributed by atoms with Gasteiger partial charge in [-0.3, -0.25) is 5.32 Å². The van der Waals surface area contributed by atoms with Gasteiger partial charge in [-0.05, 0) is 28.7 Å². The van der Waals surface area contributed by atoms with E-state index in [1.807, 2.05) is 24.3 Å². The summed E-state index contributed by atoms with van der Waals surface area (Å²) >= 11 is 0. The first-order valence-electron chi connectivity index (χ1n) is 6.36. The third-order valence-electron chi connectivity index (χ3n) is 4.32. The Hall–Kier alpha value is -1.67. The van der Waals surface area contributed by atoms with E-state index < -0.39 is 12.2 Å². The van der Waals surface area contributed by atoms with Crippen molar-refractivity contribution in [2.75, 3.05) is 6.67 Å². The predicted molar refractivity (Wildman–Crippen MR) is 69.2 cm³/mol. The summed E-state index contributed by atoms with van der Waals surface area (Å²) in [5.74, 6) is 0. The van der Waals surface area contributed by atoms with Crippen LogP contribution >= 0.6 is 0 Å². The normalized spacial score (nSPS) is 27.7. The molecule has 0 spiro atoms. The van der Waals surface area contributed by atoms with Gasteiger partial charge in [0.15, 0.2) is 0 Å². The Labute approximate surface area is 106 Å². The second-order valence-corrected chi connectivity index (χ2v) is 5.18. The maximum Gasteiger partial charge on any atom is 0.116 e. The van der Waals surface area contributed by atoms with Crippen LogP contribution in [0.3, 0.4) is 0 Å². The quantitative estimate of drug-likeness (QED) is 0.805. The highest BCUT2D eigenvalue weighted by Crippen LogP contribution is 2.48. The van der Waals surface area contributed by atoms with Crippen LogP contribution < -0.4 is 5.32 Å². The minimum absolute atomic E-state index is 0.256. The summed E-state index contributed by atoms with van der Waals surface area (Å²) in [6.45, 7) is -0.391. The highest BCUT2D eigenvalue weighted by molar-refractivity contribution is 5.55. The lowest BCUT2D eigenvalue weighted by Gasteiger charge is -2.35. The van der Waals surface area contributed by atoms with Crippen LogP contribution in [-0.2, 0) is 12.0 Å². The molecular formula is C16H14FN. The van der Waals surface area contributed by atoms with E-state index in [-0.39, 0.29) is 6.04 Å². The Bertz CT molecular complexity index is 609. The van der Waals surface area contributed by atoms with E-state index in [2.05, 4.69) is 29.6 Å². The molecule has 2 atom stereocenters. The molecule has 1 N–H and O–H groups in total. The van der Waals surface area contributed by atoms with Gasteiger partial charge in [0.05, 0.1) is 5.54 Å². The first-order valence-corrected chi connectivity index (χ1v) is 6.36. The Morgan fingerprint density at radius 1 is 1.06 bits per heavy atom. The maximum atomic E-state index is 13.9. The van der Waals surface area contributed by atoms with Crippen molar-refractivity contribution in [3.05, 3.63) is 70.8 Å². The summed E-state index contributed by atoms with van der Waals surface area (Å²) < 4.78 is 13.9. The van der Waals surface area contributed by atoms with E-state index in [1.165, 1.54) is 11.1 Å². The minimum atomic E-state index is -0.615. The van der Waals surface area contributed by atoms with Crippen molar-refractivity contribution in [2.45, 2.75) is 18.0 Å². The molecule has 0 fully saturated rings.